The third-order valence-electron chi connectivity index (χ3n) is 2.30. The highest BCUT2D eigenvalue weighted by molar-refractivity contribution is 7.99. The Morgan fingerprint density at radius 2 is 2.38 bits per heavy atom. The van der Waals surface area contributed by atoms with E-state index in [0.717, 1.165) is 22.6 Å². The third-order valence-corrected chi connectivity index (χ3v) is 4.08. The van der Waals surface area contributed by atoms with Gasteiger partial charge < -0.3 is 11.1 Å². The molecule has 1 unspecified atom stereocenters. The van der Waals surface area contributed by atoms with Gasteiger partial charge in [0.15, 0.2) is 0 Å². The molecular formula is C10H14N4S2. The molecule has 16 heavy (non-hydrogen) atoms. The van der Waals surface area contributed by atoms with Crippen molar-refractivity contribution in [2.24, 2.45) is 0 Å². The number of nitrogens with two attached hydrogens (primary N) is 1. The molecule has 0 aliphatic heterocycles. The zero-order valence-electron chi connectivity index (χ0n) is 9.23. The van der Waals surface area contributed by atoms with Crippen molar-refractivity contribution in [1.82, 2.24) is 9.97 Å². The molecule has 0 aromatic carbocycles. The Morgan fingerprint density at radius 1 is 1.56 bits per heavy atom. The summed E-state index contributed by atoms with van der Waals surface area (Å²) in [7, 11) is 0. The van der Waals surface area contributed by atoms with Gasteiger partial charge in [0.2, 0.25) is 5.95 Å². The molecule has 0 radical (unpaired) electrons. The lowest BCUT2D eigenvalue weighted by Crippen LogP contribution is -2.14. The summed E-state index contributed by atoms with van der Waals surface area (Å²) < 4.78 is 0. The van der Waals surface area contributed by atoms with E-state index >= 15 is 0 Å². The molecule has 2 heterocycles. The summed E-state index contributed by atoms with van der Waals surface area (Å²) in [5.74, 6) is 1.17. The minimum atomic E-state index is 0.328. The number of aromatic nitrogens is 2. The number of anilines is 2. The molecule has 2 aromatic heterocycles. The van der Waals surface area contributed by atoms with Crippen molar-refractivity contribution in [3.8, 4) is 0 Å². The second-order valence-corrected chi connectivity index (χ2v) is 5.67. The van der Waals surface area contributed by atoms with Crippen LogP contribution in [0, 0.1) is 0 Å². The number of nitrogens with zero attached hydrogens (tertiary/aromatic N) is 2. The number of rotatable bonds is 4. The van der Waals surface area contributed by atoms with Crippen molar-refractivity contribution in [2.75, 3.05) is 23.9 Å². The van der Waals surface area contributed by atoms with Gasteiger partial charge in [0.05, 0.1) is 5.39 Å². The zero-order chi connectivity index (χ0) is 11.5. The molecule has 1 atom stereocenters. The van der Waals surface area contributed by atoms with Gasteiger partial charge in [-0.2, -0.15) is 16.7 Å². The van der Waals surface area contributed by atoms with Gasteiger partial charge in [-0.15, -0.1) is 11.3 Å². The molecule has 2 rings (SSSR count). The van der Waals surface area contributed by atoms with E-state index in [1.165, 1.54) is 0 Å². The minimum Gasteiger partial charge on any atom is -0.368 e. The number of hydrogen-bond acceptors (Lipinski definition) is 6. The molecule has 0 spiro atoms. The number of thiophene rings is 1. The van der Waals surface area contributed by atoms with Crippen LogP contribution < -0.4 is 11.1 Å². The van der Waals surface area contributed by atoms with E-state index in [0.29, 0.717) is 11.2 Å². The molecule has 2 aromatic rings. The topological polar surface area (TPSA) is 63.8 Å². The predicted octanol–water partition coefficient (Wildman–Crippen LogP) is 2.44. The van der Waals surface area contributed by atoms with Crippen molar-refractivity contribution in [3.05, 3.63) is 11.4 Å². The van der Waals surface area contributed by atoms with Gasteiger partial charge in [-0.25, -0.2) is 4.98 Å². The van der Waals surface area contributed by atoms with Gasteiger partial charge in [0.1, 0.15) is 10.6 Å². The lowest BCUT2D eigenvalue weighted by Gasteiger charge is -2.11. The van der Waals surface area contributed by atoms with Crippen LogP contribution in [0.15, 0.2) is 11.4 Å². The van der Waals surface area contributed by atoms with Crippen LogP contribution in [0.1, 0.15) is 6.92 Å². The predicted molar refractivity (Wildman–Crippen MR) is 73.3 cm³/mol. The van der Waals surface area contributed by atoms with Crippen LogP contribution in [0.2, 0.25) is 0 Å². The van der Waals surface area contributed by atoms with Crippen molar-refractivity contribution in [2.45, 2.75) is 12.2 Å². The fourth-order valence-electron chi connectivity index (χ4n) is 1.33. The molecule has 3 N–H and O–H groups in total. The zero-order valence-corrected chi connectivity index (χ0v) is 10.9. The molecule has 6 heteroatoms. The van der Waals surface area contributed by atoms with Gasteiger partial charge in [-0.1, -0.05) is 6.92 Å². The summed E-state index contributed by atoms with van der Waals surface area (Å²) in [6.07, 6.45) is 2.10. The molecule has 0 fully saturated rings. The van der Waals surface area contributed by atoms with Gasteiger partial charge >= 0.3 is 0 Å². The second kappa shape index (κ2) is 4.88. The maximum absolute atomic E-state index is 5.66. The Kier molecular flexibility index (Phi) is 3.50. The Balaban J connectivity index is 2.25. The molecule has 4 nitrogen and oxygen atoms in total. The van der Waals surface area contributed by atoms with E-state index in [2.05, 4.69) is 28.5 Å². The number of nitrogen functional groups attached to an aromatic ring is 1. The summed E-state index contributed by atoms with van der Waals surface area (Å²) in [4.78, 5) is 9.35. The van der Waals surface area contributed by atoms with Gasteiger partial charge in [-0.05, 0) is 17.7 Å². The molecule has 0 saturated carbocycles. The molecule has 0 aliphatic carbocycles. The van der Waals surface area contributed by atoms with E-state index in [4.69, 9.17) is 5.73 Å². The first-order chi connectivity index (χ1) is 7.70. The molecule has 0 bridgehead atoms. The van der Waals surface area contributed by atoms with Crippen molar-refractivity contribution in [3.63, 3.8) is 0 Å². The molecule has 86 valence electrons. The van der Waals surface area contributed by atoms with Crippen LogP contribution in [0.3, 0.4) is 0 Å². The average molecular weight is 254 g/mol. The van der Waals surface area contributed by atoms with E-state index < -0.39 is 0 Å². The Hall–Kier alpha value is -1.01. The Morgan fingerprint density at radius 3 is 3.12 bits per heavy atom. The number of thioether (sulfide) groups is 1. The normalized spacial score (nSPS) is 12.9. The smallest absolute Gasteiger partial charge is 0.223 e. The SMILES string of the molecule is CSC(C)CNc1nc(N)nc2sccc12. The Bertz CT molecular complexity index is 483. The van der Waals surface area contributed by atoms with Crippen LogP contribution in [-0.4, -0.2) is 28.0 Å². The highest BCUT2D eigenvalue weighted by atomic mass is 32.2. The van der Waals surface area contributed by atoms with Crippen LogP contribution >= 0.6 is 23.1 Å². The van der Waals surface area contributed by atoms with Crippen LogP contribution in [0.4, 0.5) is 11.8 Å². The minimum absolute atomic E-state index is 0.328. The molecule has 0 amide bonds. The monoisotopic (exact) mass is 254 g/mol. The summed E-state index contributed by atoms with van der Waals surface area (Å²) in [5.41, 5.74) is 5.66. The first-order valence-electron chi connectivity index (χ1n) is 4.98. The first-order valence-corrected chi connectivity index (χ1v) is 7.15. The first kappa shape index (κ1) is 11.5. The number of hydrogen-bond donors (Lipinski definition) is 2. The fraction of sp³-hybridized carbons (Fsp3) is 0.400. The summed E-state index contributed by atoms with van der Waals surface area (Å²) in [6.45, 7) is 3.05. The highest BCUT2D eigenvalue weighted by Crippen LogP contribution is 2.25. The number of nitrogens with one attached hydrogen (secondary N) is 1. The van der Waals surface area contributed by atoms with Crippen molar-refractivity contribution >= 4 is 45.1 Å². The molecular weight excluding hydrogens is 240 g/mol. The van der Waals surface area contributed by atoms with Crippen molar-refractivity contribution < 1.29 is 0 Å². The molecule has 0 aliphatic rings. The lowest BCUT2D eigenvalue weighted by molar-refractivity contribution is 0.993. The quantitative estimate of drug-likeness (QED) is 0.877. The van der Waals surface area contributed by atoms with Crippen molar-refractivity contribution in [1.29, 1.82) is 0 Å². The van der Waals surface area contributed by atoms with E-state index in [1.54, 1.807) is 11.3 Å². The Labute approximate surface area is 103 Å². The van der Waals surface area contributed by atoms with Gasteiger partial charge in [0, 0.05) is 11.8 Å². The van der Waals surface area contributed by atoms with E-state index in [1.807, 2.05) is 23.2 Å². The maximum atomic E-state index is 5.66. The summed E-state index contributed by atoms with van der Waals surface area (Å²) in [5, 5.41) is 6.92. The van der Waals surface area contributed by atoms with E-state index in [-0.39, 0.29) is 0 Å². The second-order valence-electron chi connectivity index (χ2n) is 3.50. The fourth-order valence-corrected chi connectivity index (χ4v) is 2.35. The third kappa shape index (κ3) is 2.38. The van der Waals surface area contributed by atoms with Crippen LogP contribution in [-0.2, 0) is 0 Å². The molecule has 0 saturated heterocycles. The maximum Gasteiger partial charge on any atom is 0.223 e. The highest BCUT2D eigenvalue weighted by Gasteiger charge is 2.08. The van der Waals surface area contributed by atoms with Gasteiger partial charge in [0.25, 0.3) is 0 Å². The largest absolute Gasteiger partial charge is 0.368 e. The van der Waals surface area contributed by atoms with Crippen LogP contribution in [0.25, 0.3) is 10.2 Å². The summed E-state index contributed by atoms with van der Waals surface area (Å²) in [6, 6.07) is 2.02. The van der Waals surface area contributed by atoms with E-state index in [9.17, 15) is 0 Å². The standard InChI is InChI=1S/C10H14N4S2/c1-6(15-2)5-12-8-7-3-4-16-9(7)14-10(11)13-8/h3-4,6H,5H2,1-2H3,(H3,11,12,13,14). The van der Waals surface area contributed by atoms with Gasteiger partial charge in [-0.3, -0.25) is 0 Å². The van der Waals surface area contributed by atoms with Crippen LogP contribution in [0.5, 0.6) is 0 Å². The number of fused-ring (bicyclic) bond motifs is 1. The summed E-state index contributed by atoms with van der Waals surface area (Å²) >= 11 is 3.40. The average Bonchev–Trinajstić information content (AvgIpc) is 2.73. The lowest BCUT2D eigenvalue weighted by atomic mass is 10.3.